The molecule has 1 amide bonds. The Morgan fingerprint density at radius 3 is 2.46 bits per heavy atom. The Morgan fingerprint density at radius 2 is 1.86 bits per heavy atom. The van der Waals surface area contributed by atoms with Crippen LogP contribution in [0.2, 0.25) is 0 Å². The van der Waals surface area contributed by atoms with E-state index in [9.17, 15) is 13.2 Å². The standard InChI is InChI=1S/C20H26N2O4S2/c1-26-14-13-21(16-18-6-5-15-27-18)20(23)17-7-9-19(10-8-17)28(24,25)22-11-3-2-4-12-22/h5-10,15H,2-4,11-14,16H2,1H3. The zero-order chi connectivity index (χ0) is 20.0. The van der Waals surface area contributed by atoms with Crippen LogP contribution in [0, 0.1) is 0 Å². The molecule has 1 aromatic carbocycles. The monoisotopic (exact) mass is 422 g/mol. The van der Waals surface area contributed by atoms with Crippen molar-refractivity contribution >= 4 is 27.3 Å². The first-order chi connectivity index (χ1) is 13.5. The van der Waals surface area contributed by atoms with Crippen molar-refractivity contribution in [3.63, 3.8) is 0 Å². The highest BCUT2D eigenvalue weighted by atomic mass is 32.2. The minimum Gasteiger partial charge on any atom is -0.383 e. The molecule has 0 N–H and O–H groups in total. The first-order valence-electron chi connectivity index (χ1n) is 9.43. The number of ether oxygens (including phenoxy) is 1. The van der Waals surface area contributed by atoms with Crippen molar-refractivity contribution in [1.82, 2.24) is 9.21 Å². The van der Waals surface area contributed by atoms with Gasteiger partial charge in [-0.25, -0.2) is 8.42 Å². The number of piperidine rings is 1. The van der Waals surface area contributed by atoms with Crippen LogP contribution in [-0.4, -0.2) is 56.9 Å². The number of thiophene rings is 1. The second kappa shape index (κ2) is 9.65. The second-order valence-electron chi connectivity index (χ2n) is 6.79. The summed E-state index contributed by atoms with van der Waals surface area (Å²) in [7, 11) is -1.88. The number of amides is 1. The van der Waals surface area contributed by atoms with Crippen molar-refractivity contribution < 1.29 is 17.9 Å². The summed E-state index contributed by atoms with van der Waals surface area (Å²) < 4.78 is 32.2. The van der Waals surface area contributed by atoms with Crippen LogP contribution in [0.5, 0.6) is 0 Å². The van der Waals surface area contributed by atoms with Crippen molar-refractivity contribution in [2.24, 2.45) is 0 Å². The van der Waals surface area contributed by atoms with Gasteiger partial charge >= 0.3 is 0 Å². The van der Waals surface area contributed by atoms with Crippen molar-refractivity contribution in [1.29, 1.82) is 0 Å². The maximum atomic E-state index is 13.0. The summed E-state index contributed by atoms with van der Waals surface area (Å²) in [4.78, 5) is 16.0. The van der Waals surface area contributed by atoms with E-state index in [1.54, 1.807) is 35.5 Å². The van der Waals surface area contributed by atoms with Gasteiger partial charge in [0.15, 0.2) is 0 Å². The van der Waals surface area contributed by atoms with Crippen LogP contribution in [-0.2, 0) is 21.3 Å². The molecule has 1 aliphatic heterocycles. The Kier molecular flexibility index (Phi) is 7.23. The van der Waals surface area contributed by atoms with Gasteiger partial charge in [0.05, 0.1) is 18.0 Å². The predicted molar refractivity (Wildman–Crippen MR) is 110 cm³/mol. The molecule has 8 heteroatoms. The smallest absolute Gasteiger partial charge is 0.254 e. The number of sulfonamides is 1. The van der Waals surface area contributed by atoms with Crippen LogP contribution >= 0.6 is 11.3 Å². The van der Waals surface area contributed by atoms with Crippen LogP contribution < -0.4 is 0 Å². The average Bonchev–Trinajstić information content (AvgIpc) is 3.24. The lowest BCUT2D eigenvalue weighted by Gasteiger charge is -2.26. The molecule has 0 atom stereocenters. The van der Waals surface area contributed by atoms with Gasteiger partial charge in [0, 0.05) is 37.2 Å². The van der Waals surface area contributed by atoms with E-state index in [-0.39, 0.29) is 10.8 Å². The van der Waals surface area contributed by atoms with Gasteiger partial charge in [-0.15, -0.1) is 11.3 Å². The number of carbonyl (C=O) groups is 1. The van der Waals surface area contributed by atoms with Crippen molar-refractivity contribution in [3.05, 3.63) is 52.2 Å². The Labute approximate surface area is 170 Å². The molecule has 1 fully saturated rings. The molecule has 0 bridgehead atoms. The van der Waals surface area contributed by atoms with E-state index in [1.165, 1.54) is 16.4 Å². The van der Waals surface area contributed by atoms with Crippen LogP contribution in [0.3, 0.4) is 0 Å². The molecule has 152 valence electrons. The average molecular weight is 423 g/mol. The van der Waals surface area contributed by atoms with Gasteiger partial charge < -0.3 is 9.64 Å². The molecule has 2 heterocycles. The third-order valence-electron chi connectivity index (χ3n) is 4.83. The van der Waals surface area contributed by atoms with Crippen molar-refractivity contribution in [2.75, 3.05) is 33.4 Å². The molecule has 0 spiro atoms. The second-order valence-corrected chi connectivity index (χ2v) is 9.76. The number of nitrogens with zero attached hydrogens (tertiary/aromatic N) is 2. The fraction of sp³-hybridized carbons (Fsp3) is 0.450. The zero-order valence-corrected chi connectivity index (χ0v) is 17.7. The summed E-state index contributed by atoms with van der Waals surface area (Å²) in [6.45, 7) is 2.55. The first kappa shape index (κ1) is 21.0. The molecule has 0 aliphatic carbocycles. The van der Waals surface area contributed by atoms with Crippen molar-refractivity contribution in [2.45, 2.75) is 30.7 Å². The molecule has 28 heavy (non-hydrogen) atoms. The van der Waals surface area contributed by atoms with Gasteiger partial charge in [0.2, 0.25) is 10.0 Å². The molecule has 1 aliphatic rings. The largest absolute Gasteiger partial charge is 0.383 e. The molecular formula is C20H26N2O4S2. The van der Waals surface area contributed by atoms with Crippen molar-refractivity contribution in [3.8, 4) is 0 Å². The van der Waals surface area contributed by atoms with E-state index < -0.39 is 10.0 Å². The van der Waals surface area contributed by atoms with E-state index >= 15 is 0 Å². The lowest BCUT2D eigenvalue weighted by atomic mass is 10.2. The van der Waals surface area contributed by atoms with Crippen LogP contribution in [0.1, 0.15) is 34.5 Å². The quantitative estimate of drug-likeness (QED) is 0.655. The number of hydrogen-bond acceptors (Lipinski definition) is 5. The van der Waals surface area contributed by atoms with E-state index in [0.29, 0.717) is 38.3 Å². The Bertz CT molecular complexity index is 858. The molecule has 1 aromatic heterocycles. The molecule has 2 aromatic rings. The number of methoxy groups -OCH3 is 1. The van der Waals surface area contributed by atoms with E-state index in [1.807, 2.05) is 17.5 Å². The first-order valence-corrected chi connectivity index (χ1v) is 11.7. The lowest BCUT2D eigenvalue weighted by Crippen LogP contribution is -2.35. The number of carbonyl (C=O) groups excluding carboxylic acids is 1. The van der Waals surface area contributed by atoms with E-state index in [0.717, 1.165) is 24.1 Å². The third kappa shape index (κ3) is 5.00. The molecule has 0 radical (unpaired) electrons. The van der Waals surface area contributed by atoms with Gasteiger partial charge in [-0.2, -0.15) is 4.31 Å². The Morgan fingerprint density at radius 1 is 1.14 bits per heavy atom. The van der Waals surface area contributed by atoms with Gasteiger partial charge in [-0.3, -0.25) is 4.79 Å². The SMILES string of the molecule is COCCN(Cc1cccs1)C(=O)c1ccc(S(=O)(=O)N2CCCCC2)cc1. The van der Waals surface area contributed by atoms with Crippen LogP contribution in [0.15, 0.2) is 46.7 Å². The molecule has 6 nitrogen and oxygen atoms in total. The van der Waals surface area contributed by atoms with Gasteiger partial charge in [0.25, 0.3) is 5.91 Å². The fourth-order valence-corrected chi connectivity index (χ4v) is 5.49. The molecule has 3 rings (SSSR count). The molecule has 0 saturated carbocycles. The van der Waals surface area contributed by atoms with Gasteiger partial charge in [0.1, 0.15) is 0 Å². The summed E-state index contributed by atoms with van der Waals surface area (Å²) in [6.07, 6.45) is 2.86. The van der Waals surface area contributed by atoms with Crippen LogP contribution in [0.4, 0.5) is 0 Å². The molecular weight excluding hydrogens is 396 g/mol. The Balaban J connectivity index is 1.75. The summed E-state index contributed by atoms with van der Waals surface area (Å²) in [6, 6.07) is 10.2. The third-order valence-corrected chi connectivity index (χ3v) is 7.61. The molecule has 0 unspecified atom stereocenters. The lowest BCUT2D eigenvalue weighted by molar-refractivity contribution is 0.0682. The zero-order valence-electron chi connectivity index (χ0n) is 16.0. The fourth-order valence-electron chi connectivity index (χ4n) is 3.25. The van der Waals surface area contributed by atoms with Gasteiger partial charge in [-0.05, 0) is 48.6 Å². The minimum absolute atomic E-state index is 0.132. The topological polar surface area (TPSA) is 66.9 Å². The molecule has 1 saturated heterocycles. The van der Waals surface area contributed by atoms with Gasteiger partial charge in [-0.1, -0.05) is 12.5 Å². The normalized spacial score (nSPS) is 15.5. The number of benzene rings is 1. The highest BCUT2D eigenvalue weighted by Gasteiger charge is 2.26. The highest BCUT2D eigenvalue weighted by molar-refractivity contribution is 7.89. The summed E-state index contributed by atoms with van der Waals surface area (Å²) in [5, 5.41) is 1.98. The van der Waals surface area contributed by atoms with E-state index in [2.05, 4.69) is 0 Å². The minimum atomic E-state index is -3.49. The summed E-state index contributed by atoms with van der Waals surface area (Å²) in [5.41, 5.74) is 0.477. The van der Waals surface area contributed by atoms with E-state index in [4.69, 9.17) is 4.74 Å². The van der Waals surface area contributed by atoms with Crippen LogP contribution in [0.25, 0.3) is 0 Å². The predicted octanol–water partition coefficient (Wildman–Crippen LogP) is 3.21. The number of hydrogen-bond donors (Lipinski definition) is 0. The maximum Gasteiger partial charge on any atom is 0.254 e. The summed E-state index contributed by atoms with van der Waals surface area (Å²) >= 11 is 1.60. The highest BCUT2D eigenvalue weighted by Crippen LogP contribution is 2.22. The Hall–Kier alpha value is -1.74. The maximum absolute atomic E-state index is 13.0. The number of rotatable bonds is 8. The summed E-state index contributed by atoms with van der Waals surface area (Å²) in [5.74, 6) is -0.132.